The van der Waals surface area contributed by atoms with Gasteiger partial charge in [0.1, 0.15) is 11.6 Å². The van der Waals surface area contributed by atoms with Gasteiger partial charge in [-0.1, -0.05) is 23.4 Å². The van der Waals surface area contributed by atoms with E-state index in [0.717, 1.165) is 62.9 Å². The average Bonchev–Trinajstić information content (AvgIpc) is 3.40. The molecule has 0 bridgehead atoms. The van der Waals surface area contributed by atoms with Gasteiger partial charge in [-0.25, -0.2) is 13.5 Å². The fraction of sp³-hybridized carbons (Fsp3) is 0.357. The van der Waals surface area contributed by atoms with Crippen LogP contribution < -0.4 is 10.5 Å². The number of rotatable bonds is 9. The molecule has 1 fully saturated rings. The maximum absolute atomic E-state index is 13.7. The van der Waals surface area contributed by atoms with Crippen LogP contribution in [0.15, 0.2) is 63.9 Å². The zero-order chi connectivity index (χ0) is 27.4. The van der Waals surface area contributed by atoms with E-state index in [1.54, 1.807) is 0 Å². The standard InChI is InChI=1S/C28H31F2N7O2/c1-34(2)9-4-10-35-11-13-36(14-12-35)28-31-27(33-39-28)21-6-3-5-20(15-21)19-37-26(38)8-7-25(32-37)22-16-23(29)18-24(30)17-22/h3,5-8,15-18H,4,9-14,19H2,1-2H3. The minimum absolute atomic E-state index is 0.165. The van der Waals surface area contributed by atoms with E-state index < -0.39 is 11.6 Å². The van der Waals surface area contributed by atoms with Gasteiger partial charge in [0.15, 0.2) is 0 Å². The van der Waals surface area contributed by atoms with Gasteiger partial charge in [0, 0.05) is 49.4 Å². The maximum Gasteiger partial charge on any atom is 0.324 e. The van der Waals surface area contributed by atoms with Gasteiger partial charge in [-0.15, -0.1) is 0 Å². The van der Waals surface area contributed by atoms with E-state index in [0.29, 0.717) is 17.5 Å². The van der Waals surface area contributed by atoms with E-state index in [9.17, 15) is 13.6 Å². The third-order valence-corrected chi connectivity index (χ3v) is 6.68. The highest BCUT2D eigenvalue weighted by Gasteiger charge is 2.22. The Bertz CT molecular complexity index is 1460. The molecule has 0 saturated carbocycles. The maximum atomic E-state index is 13.7. The SMILES string of the molecule is CN(C)CCCN1CCN(c2nc(-c3cccc(Cn4nc(-c5cc(F)cc(F)c5)ccc4=O)c3)no2)CC1. The lowest BCUT2D eigenvalue weighted by atomic mass is 10.1. The fourth-order valence-electron chi connectivity index (χ4n) is 4.63. The molecule has 3 heterocycles. The molecule has 0 amide bonds. The number of anilines is 1. The molecule has 1 saturated heterocycles. The molecule has 0 aliphatic carbocycles. The lowest BCUT2D eigenvalue weighted by Gasteiger charge is -2.33. The molecule has 4 aromatic rings. The van der Waals surface area contributed by atoms with Gasteiger partial charge in [0.05, 0.1) is 12.2 Å². The van der Waals surface area contributed by atoms with Gasteiger partial charge in [-0.3, -0.25) is 9.69 Å². The van der Waals surface area contributed by atoms with Crippen LogP contribution in [0.2, 0.25) is 0 Å². The summed E-state index contributed by atoms with van der Waals surface area (Å²) in [5.41, 5.74) is 1.76. The predicted molar refractivity (Wildman–Crippen MR) is 145 cm³/mol. The highest BCUT2D eigenvalue weighted by atomic mass is 19.1. The topological polar surface area (TPSA) is 83.5 Å². The van der Waals surface area contributed by atoms with Crippen molar-refractivity contribution in [1.29, 1.82) is 0 Å². The number of aromatic nitrogens is 4. The van der Waals surface area contributed by atoms with Crippen molar-refractivity contribution in [2.24, 2.45) is 0 Å². The largest absolute Gasteiger partial charge is 0.324 e. The molecule has 2 aromatic carbocycles. The van der Waals surface area contributed by atoms with Gasteiger partial charge < -0.3 is 14.3 Å². The van der Waals surface area contributed by atoms with E-state index in [-0.39, 0.29) is 17.7 Å². The Hall–Kier alpha value is -3.96. The monoisotopic (exact) mass is 535 g/mol. The Balaban J connectivity index is 1.26. The highest BCUT2D eigenvalue weighted by molar-refractivity contribution is 5.59. The highest BCUT2D eigenvalue weighted by Crippen LogP contribution is 2.23. The van der Waals surface area contributed by atoms with Gasteiger partial charge >= 0.3 is 6.01 Å². The second kappa shape index (κ2) is 11.8. The molecule has 0 N–H and O–H groups in total. The molecule has 0 spiro atoms. The van der Waals surface area contributed by atoms with Crippen LogP contribution in [0.25, 0.3) is 22.6 Å². The summed E-state index contributed by atoms with van der Waals surface area (Å²) in [5.74, 6) is -0.957. The van der Waals surface area contributed by atoms with Crippen LogP contribution in [0.3, 0.4) is 0 Å². The zero-order valence-electron chi connectivity index (χ0n) is 22.1. The summed E-state index contributed by atoms with van der Waals surface area (Å²) in [7, 11) is 4.18. The lowest BCUT2D eigenvalue weighted by molar-refractivity contribution is 0.236. The van der Waals surface area contributed by atoms with Crippen LogP contribution >= 0.6 is 0 Å². The van der Waals surface area contributed by atoms with Crippen molar-refractivity contribution in [1.82, 2.24) is 29.7 Å². The van der Waals surface area contributed by atoms with Crippen LogP contribution in [-0.4, -0.2) is 83.1 Å². The number of piperazine rings is 1. The molecule has 39 heavy (non-hydrogen) atoms. The number of benzene rings is 2. The first-order valence-electron chi connectivity index (χ1n) is 12.9. The number of nitrogens with zero attached hydrogens (tertiary/aromatic N) is 7. The van der Waals surface area contributed by atoms with E-state index in [1.807, 2.05) is 24.3 Å². The van der Waals surface area contributed by atoms with Crippen LogP contribution in [0, 0.1) is 11.6 Å². The normalized spacial score (nSPS) is 14.3. The summed E-state index contributed by atoms with van der Waals surface area (Å²) < 4.78 is 34.2. The molecule has 1 aliphatic heterocycles. The lowest BCUT2D eigenvalue weighted by Crippen LogP contribution is -2.47. The molecular weight excluding hydrogens is 504 g/mol. The molecule has 204 valence electrons. The summed E-state index contributed by atoms with van der Waals surface area (Å²) in [4.78, 5) is 23.9. The van der Waals surface area contributed by atoms with E-state index in [1.165, 1.54) is 28.9 Å². The molecule has 0 radical (unpaired) electrons. The van der Waals surface area contributed by atoms with Crippen molar-refractivity contribution in [2.75, 3.05) is 58.3 Å². The minimum atomic E-state index is -0.710. The molecule has 2 aromatic heterocycles. The summed E-state index contributed by atoms with van der Waals surface area (Å²) >= 11 is 0. The number of halogens is 2. The summed E-state index contributed by atoms with van der Waals surface area (Å²) in [6.07, 6.45) is 1.14. The molecule has 0 unspecified atom stereocenters. The Morgan fingerprint density at radius 1 is 0.949 bits per heavy atom. The van der Waals surface area contributed by atoms with Crippen LogP contribution in [0.5, 0.6) is 0 Å². The Labute approximate surface area is 225 Å². The molecule has 11 heteroatoms. The van der Waals surface area contributed by atoms with Gasteiger partial charge in [-0.05, 0) is 63.4 Å². The van der Waals surface area contributed by atoms with E-state index in [4.69, 9.17) is 4.52 Å². The van der Waals surface area contributed by atoms with Gasteiger partial charge in [0.2, 0.25) is 5.82 Å². The van der Waals surface area contributed by atoms with Crippen LogP contribution in [0.4, 0.5) is 14.8 Å². The van der Waals surface area contributed by atoms with Crippen molar-refractivity contribution in [3.8, 4) is 22.6 Å². The Morgan fingerprint density at radius 2 is 1.72 bits per heavy atom. The summed E-state index contributed by atoms with van der Waals surface area (Å²) in [6, 6.07) is 13.9. The third kappa shape index (κ3) is 6.73. The smallest absolute Gasteiger partial charge is 0.322 e. The Morgan fingerprint density at radius 3 is 2.46 bits per heavy atom. The van der Waals surface area contributed by atoms with Crippen molar-refractivity contribution < 1.29 is 13.3 Å². The average molecular weight is 536 g/mol. The van der Waals surface area contributed by atoms with E-state index in [2.05, 4.69) is 44.0 Å². The summed E-state index contributed by atoms with van der Waals surface area (Å²) in [5, 5.41) is 8.51. The van der Waals surface area contributed by atoms with Gasteiger partial charge in [-0.2, -0.15) is 10.1 Å². The van der Waals surface area contributed by atoms with Crippen molar-refractivity contribution in [3.05, 3.63) is 82.1 Å². The fourth-order valence-corrected chi connectivity index (χ4v) is 4.63. The molecule has 1 aliphatic rings. The van der Waals surface area contributed by atoms with Crippen LogP contribution in [0.1, 0.15) is 12.0 Å². The van der Waals surface area contributed by atoms with Crippen LogP contribution in [-0.2, 0) is 6.54 Å². The molecular formula is C28H31F2N7O2. The predicted octanol–water partition coefficient (Wildman–Crippen LogP) is 3.36. The first-order valence-corrected chi connectivity index (χ1v) is 12.9. The summed E-state index contributed by atoms with van der Waals surface area (Å²) in [6.45, 7) is 5.86. The second-order valence-corrected chi connectivity index (χ2v) is 9.96. The molecule has 5 rings (SSSR count). The quantitative estimate of drug-likeness (QED) is 0.323. The van der Waals surface area contributed by atoms with Crippen molar-refractivity contribution >= 4 is 6.01 Å². The third-order valence-electron chi connectivity index (χ3n) is 6.68. The number of hydrogen-bond acceptors (Lipinski definition) is 8. The first-order chi connectivity index (χ1) is 18.8. The van der Waals surface area contributed by atoms with Gasteiger partial charge in [0.25, 0.3) is 5.56 Å². The van der Waals surface area contributed by atoms with Crippen molar-refractivity contribution in [2.45, 2.75) is 13.0 Å². The Kier molecular flexibility index (Phi) is 8.08. The first kappa shape index (κ1) is 26.6. The molecule has 9 nitrogen and oxygen atoms in total. The van der Waals surface area contributed by atoms with E-state index >= 15 is 0 Å². The molecule has 0 atom stereocenters. The minimum Gasteiger partial charge on any atom is -0.322 e. The zero-order valence-corrected chi connectivity index (χ0v) is 22.1. The number of hydrogen-bond donors (Lipinski definition) is 0. The van der Waals surface area contributed by atoms with Crippen molar-refractivity contribution in [3.63, 3.8) is 0 Å². The second-order valence-electron chi connectivity index (χ2n) is 9.96.